The van der Waals surface area contributed by atoms with Crippen molar-refractivity contribution in [3.63, 3.8) is 0 Å². The molecule has 0 aromatic carbocycles. The summed E-state index contributed by atoms with van der Waals surface area (Å²) in [4.78, 5) is 23.4. The first-order valence-electron chi connectivity index (χ1n) is 7.94. The second kappa shape index (κ2) is 8.08. The number of piperidine rings is 1. The first-order valence-corrected chi connectivity index (χ1v) is 7.94. The van der Waals surface area contributed by atoms with Crippen molar-refractivity contribution in [1.29, 1.82) is 0 Å². The number of anilines is 1. The predicted molar refractivity (Wildman–Crippen MR) is 85.9 cm³/mol. The molecule has 122 valence electrons. The second-order valence-corrected chi connectivity index (χ2v) is 5.87. The Morgan fingerprint density at radius 2 is 2.14 bits per heavy atom. The topological polar surface area (TPSA) is 67.3 Å². The smallest absolute Gasteiger partial charge is 0.225 e. The van der Waals surface area contributed by atoms with Crippen LogP contribution in [0.25, 0.3) is 0 Å². The second-order valence-electron chi connectivity index (χ2n) is 5.87. The summed E-state index contributed by atoms with van der Waals surface area (Å²) in [5, 5.41) is 3.00. The van der Waals surface area contributed by atoms with E-state index in [1.807, 2.05) is 19.9 Å². The van der Waals surface area contributed by atoms with Gasteiger partial charge in [0.2, 0.25) is 11.9 Å². The van der Waals surface area contributed by atoms with Gasteiger partial charge in [-0.15, -0.1) is 0 Å². The molecular formula is C16H26N4O2. The normalized spacial score (nSPS) is 18.3. The zero-order valence-corrected chi connectivity index (χ0v) is 13.8. The molecule has 0 spiro atoms. The minimum Gasteiger partial charge on any atom is -0.385 e. The molecule has 1 aromatic rings. The molecule has 2 heterocycles. The maximum absolute atomic E-state index is 12.3. The number of amides is 1. The highest BCUT2D eigenvalue weighted by atomic mass is 16.5. The van der Waals surface area contributed by atoms with E-state index in [0.29, 0.717) is 19.7 Å². The summed E-state index contributed by atoms with van der Waals surface area (Å²) in [6, 6.07) is 1.97. The van der Waals surface area contributed by atoms with E-state index in [1.54, 1.807) is 7.11 Å². The van der Waals surface area contributed by atoms with Crippen LogP contribution in [0.1, 0.15) is 30.7 Å². The summed E-state index contributed by atoms with van der Waals surface area (Å²) >= 11 is 0. The Hall–Kier alpha value is -1.69. The van der Waals surface area contributed by atoms with Crippen LogP contribution in [-0.4, -0.2) is 49.2 Å². The molecule has 1 aliphatic rings. The van der Waals surface area contributed by atoms with Crippen LogP contribution in [-0.2, 0) is 9.53 Å². The lowest BCUT2D eigenvalue weighted by atomic mass is 9.97. The van der Waals surface area contributed by atoms with Crippen LogP contribution in [0.5, 0.6) is 0 Å². The molecule has 6 nitrogen and oxygen atoms in total. The fraction of sp³-hybridized carbons (Fsp3) is 0.688. The fourth-order valence-corrected chi connectivity index (χ4v) is 2.79. The third kappa shape index (κ3) is 4.66. The van der Waals surface area contributed by atoms with E-state index < -0.39 is 0 Å². The molecule has 1 saturated heterocycles. The Bertz CT molecular complexity index is 487. The molecule has 1 unspecified atom stereocenters. The van der Waals surface area contributed by atoms with Crippen molar-refractivity contribution in [2.75, 3.05) is 38.3 Å². The Balaban J connectivity index is 1.92. The number of aryl methyl sites for hydroxylation is 2. The standard InChI is InChI=1S/C16H26N4O2/c1-12-10-13(2)19-16(18-12)20-8-4-6-14(11-20)15(21)17-7-5-9-22-3/h10,14H,4-9,11H2,1-3H3,(H,17,21). The zero-order valence-electron chi connectivity index (χ0n) is 13.8. The molecule has 0 aliphatic carbocycles. The van der Waals surface area contributed by atoms with E-state index in [0.717, 1.165) is 43.1 Å². The quantitative estimate of drug-likeness (QED) is 0.806. The average molecular weight is 306 g/mol. The summed E-state index contributed by atoms with van der Waals surface area (Å²) in [7, 11) is 1.67. The van der Waals surface area contributed by atoms with Crippen molar-refractivity contribution in [2.24, 2.45) is 5.92 Å². The predicted octanol–water partition coefficient (Wildman–Crippen LogP) is 1.46. The Morgan fingerprint density at radius 3 is 2.82 bits per heavy atom. The van der Waals surface area contributed by atoms with Gasteiger partial charge in [0.05, 0.1) is 5.92 Å². The van der Waals surface area contributed by atoms with E-state index in [9.17, 15) is 4.79 Å². The lowest BCUT2D eigenvalue weighted by molar-refractivity contribution is -0.125. The number of hydrogen-bond acceptors (Lipinski definition) is 5. The first kappa shape index (κ1) is 16.7. The van der Waals surface area contributed by atoms with E-state index in [2.05, 4.69) is 20.2 Å². The van der Waals surface area contributed by atoms with E-state index >= 15 is 0 Å². The minimum atomic E-state index is 0.0145. The summed E-state index contributed by atoms with van der Waals surface area (Å²) in [6.45, 7) is 6.90. The van der Waals surface area contributed by atoms with Crippen molar-refractivity contribution < 1.29 is 9.53 Å². The van der Waals surface area contributed by atoms with Crippen LogP contribution < -0.4 is 10.2 Å². The van der Waals surface area contributed by atoms with Gasteiger partial charge in [-0.3, -0.25) is 4.79 Å². The van der Waals surface area contributed by atoms with Gasteiger partial charge in [-0.05, 0) is 39.2 Å². The van der Waals surface area contributed by atoms with Crippen LogP contribution in [0.2, 0.25) is 0 Å². The Kier molecular flexibility index (Phi) is 6.12. The van der Waals surface area contributed by atoms with Crippen LogP contribution in [0.15, 0.2) is 6.07 Å². The van der Waals surface area contributed by atoms with Gasteiger partial charge in [0.15, 0.2) is 0 Å². The van der Waals surface area contributed by atoms with E-state index in [1.165, 1.54) is 0 Å². The molecule has 1 fully saturated rings. The third-order valence-electron chi connectivity index (χ3n) is 3.87. The van der Waals surface area contributed by atoms with Crippen LogP contribution in [0.3, 0.4) is 0 Å². The molecule has 2 rings (SSSR count). The number of carbonyl (C=O) groups is 1. The molecular weight excluding hydrogens is 280 g/mol. The molecule has 6 heteroatoms. The van der Waals surface area contributed by atoms with E-state index in [4.69, 9.17) is 4.74 Å². The number of hydrogen-bond donors (Lipinski definition) is 1. The summed E-state index contributed by atoms with van der Waals surface area (Å²) in [5.41, 5.74) is 1.93. The highest BCUT2D eigenvalue weighted by molar-refractivity contribution is 5.79. The summed E-state index contributed by atoms with van der Waals surface area (Å²) in [5.74, 6) is 0.889. The molecule has 1 N–H and O–H groups in total. The monoisotopic (exact) mass is 306 g/mol. The lowest BCUT2D eigenvalue weighted by Gasteiger charge is -2.32. The first-order chi connectivity index (χ1) is 10.6. The molecule has 0 saturated carbocycles. The van der Waals surface area contributed by atoms with Crippen molar-refractivity contribution in [2.45, 2.75) is 33.1 Å². The van der Waals surface area contributed by atoms with Gasteiger partial charge in [0.25, 0.3) is 0 Å². The maximum atomic E-state index is 12.3. The Morgan fingerprint density at radius 1 is 1.41 bits per heavy atom. The molecule has 0 bridgehead atoms. The van der Waals surface area contributed by atoms with Crippen molar-refractivity contribution in [1.82, 2.24) is 15.3 Å². The highest BCUT2D eigenvalue weighted by Gasteiger charge is 2.27. The lowest BCUT2D eigenvalue weighted by Crippen LogP contribution is -2.44. The van der Waals surface area contributed by atoms with Gasteiger partial charge in [0.1, 0.15) is 0 Å². The number of methoxy groups -OCH3 is 1. The van der Waals surface area contributed by atoms with Crippen molar-refractivity contribution in [3.05, 3.63) is 17.5 Å². The molecule has 22 heavy (non-hydrogen) atoms. The molecule has 1 aliphatic heterocycles. The van der Waals surface area contributed by atoms with Crippen molar-refractivity contribution in [3.8, 4) is 0 Å². The number of ether oxygens (including phenoxy) is 1. The van der Waals surface area contributed by atoms with Gasteiger partial charge in [-0.2, -0.15) is 0 Å². The van der Waals surface area contributed by atoms with Crippen LogP contribution in [0, 0.1) is 19.8 Å². The van der Waals surface area contributed by atoms with Gasteiger partial charge >= 0.3 is 0 Å². The number of nitrogens with one attached hydrogen (secondary N) is 1. The van der Waals surface area contributed by atoms with Crippen LogP contribution in [0.4, 0.5) is 5.95 Å². The van der Waals surface area contributed by atoms with Crippen molar-refractivity contribution >= 4 is 11.9 Å². The average Bonchev–Trinajstić information content (AvgIpc) is 2.50. The molecule has 1 amide bonds. The van der Waals surface area contributed by atoms with Crippen LogP contribution >= 0.6 is 0 Å². The zero-order chi connectivity index (χ0) is 15.9. The van der Waals surface area contributed by atoms with Gasteiger partial charge in [-0.25, -0.2) is 9.97 Å². The van der Waals surface area contributed by atoms with Gasteiger partial charge in [0, 0.05) is 44.7 Å². The molecule has 0 radical (unpaired) electrons. The van der Waals surface area contributed by atoms with E-state index in [-0.39, 0.29) is 11.8 Å². The Labute approximate surface area is 132 Å². The largest absolute Gasteiger partial charge is 0.385 e. The minimum absolute atomic E-state index is 0.0145. The molecule has 1 aromatic heterocycles. The number of carbonyl (C=O) groups excluding carboxylic acids is 1. The SMILES string of the molecule is COCCCNC(=O)C1CCCN(c2nc(C)cc(C)n2)C1. The maximum Gasteiger partial charge on any atom is 0.225 e. The molecule has 1 atom stereocenters. The fourth-order valence-electron chi connectivity index (χ4n) is 2.79. The van der Waals surface area contributed by atoms with Gasteiger partial charge in [-0.1, -0.05) is 0 Å². The number of rotatable bonds is 6. The highest BCUT2D eigenvalue weighted by Crippen LogP contribution is 2.21. The third-order valence-corrected chi connectivity index (χ3v) is 3.87. The van der Waals surface area contributed by atoms with Gasteiger partial charge < -0.3 is 15.0 Å². The number of aromatic nitrogens is 2. The number of nitrogens with zero attached hydrogens (tertiary/aromatic N) is 3. The summed E-state index contributed by atoms with van der Waals surface area (Å²) in [6.07, 6.45) is 2.77. The summed E-state index contributed by atoms with van der Waals surface area (Å²) < 4.78 is 4.99.